The van der Waals surface area contributed by atoms with Gasteiger partial charge in [0.2, 0.25) is 0 Å². The van der Waals surface area contributed by atoms with Gasteiger partial charge in [0.05, 0.1) is 10.6 Å². The van der Waals surface area contributed by atoms with Crippen LogP contribution in [0.2, 0.25) is 10.0 Å². The summed E-state index contributed by atoms with van der Waals surface area (Å²) in [7, 11) is 1.68. The second-order valence-electron chi connectivity index (χ2n) is 8.76. The number of nitrogens with zero attached hydrogens (tertiary/aromatic N) is 1. The van der Waals surface area contributed by atoms with Gasteiger partial charge in [-0.05, 0) is 62.4 Å². The van der Waals surface area contributed by atoms with Crippen LogP contribution in [0.5, 0.6) is 11.5 Å². The molecule has 9 heteroatoms. The maximum absolute atomic E-state index is 13.0. The fourth-order valence-corrected chi connectivity index (χ4v) is 5.35. The van der Waals surface area contributed by atoms with Crippen molar-refractivity contribution in [1.29, 1.82) is 0 Å². The first kappa shape index (κ1) is 25.7. The van der Waals surface area contributed by atoms with E-state index in [1.54, 1.807) is 57.4 Å². The average molecular weight is 533 g/mol. The molecule has 4 rings (SSSR count). The Morgan fingerprint density at radius 1 is 1.11 bits per heavy atom. The van der Waals surface area contributed by atoms with Gasteiger partial charge in [0.25, 0.3) is 5.56 Å². The molecule has 1 unspecified atom stereocenters. The highest BCUT2D eigenvalue weighted by molar-refractivity contribution is 7.19. The summed E-state index contributed by atoms with van der Waals surface area (Å²) in [6.45, 7) is 5.88. The van der Waals surface area contributed by atoms with Gasteiger partial charge in [-0.25, -0.2) is 0 Å². The molecule has 3 N–H and O–H groups in total. The van der Waals surface area contributed by atoms with Crippen molar-refractivity contribution in [2.24, 2.45) is 7.05 Å². The van der Waals surface area contributed by atoms with Crippen LogP contribution < -0.4 is 15.6 Å². The number of pyridine rings is 1. The van der Waals surface area contributed by atoms with Crippen LogP contribution in [0.15, 0.2) is 53.5 Å². The van der Waals surface area contributed by atoms with E-state index in [2.05, 4.69) is 5.32 Å². The molecule has 35 heavy (non-hydrogen) atoms. The number of hydrogen-bond donors (Lipinski definition) is 3. The van der Waals surface area contributed by atoms with E-state index < -0.39 is 11.8 Å². The first-order chi connectivity index (χ1) is 16.5. The zero-order valence-corrected chi connectivity index (χ0v) is 22.1. The number of fused-ring (bicyclic) bond motifs is 1. The third kappa shape index (κ3) is 5.26. The molecule has 0 spiro atoms. The summed E-state index contributed by atoms with van der Waals surface area (Å²) in [4.78, 5) is 13.6. The molecule has 2 aromatic carbocycles. The maximum atomic E-state index is 13.0. The normalized spacial score (nSPS) is 12.8. The molecule has 0 aliphatic rings. The summed E-state index contributed by atoms with van der Waals surface area (Å²) >= 11 is 13.7. The first-order valence-corrected chi connectivity index (χ1v) is 12.6. The molecular formula is C26H26Cl2N2O4S. The second-order valence-corrected chi connectivity index (χ2v) is 10.7. The van der Waals surface area contributed by atoms with E-state index in [9.17, 15) is 15.0 Å². The highest BCUT2D eigenvalue weighted by Gasteiger charge is 2.23. The SMILES string of the molecule is CCNC(O)c1cc2c(-c3cc(C(C)(C)O)ccc3Oc3ccc(Cl)cc3Cl)cn(C)c(=O)c2s1. The fourth-order valence-electron chi connectivity index (χ4n) is 3.78. The lowest BCUT2D eigenvalue weighted by Crippen LogP contribution is -2.18. The number of aliphatic hydroxyl groups excluding tert-OH is 1. The number of aromatic nitrogens is 1. The number of rotatable bonds is 7. The lowest BCUT2D eigenvalue weighted by atomic mass is 9.93. The Balaban J connectivity index is 1.97. The van der Waals surface area contributed by atoms with Crippen LogP contribution in [0.1, 0.15) is 37.4 Å². The van der Waals surface area contributed by atoms with Gasteiger partial charge in [-0.15, -0.1) is 11.3 Å². The molecule has 0 radical (unpaired) electrons. The molecule has 0 saturated heterocycles. The molecule has 184 valence electrons. The van der Waals surface area contributed by atoms with Crippen LogP contribution in [-0.4, -0.2) is 21.3 Å². The summed E-state index contributed by atoms with van der Waals surface area (Å²) < 4.78 is 8.23. The predicted molar refractivity (Wildman–Crippen MR) is 143 cm³/mol. The van der Waals surface area contributed by atoms with E-state index in [4.69, 9.17) is 27.9 Å². The van der Waals surface area contributed by atoms with E-state index in [1.807, 2.05) is 19.1 Å². The number of aryl methyl sites for hydroxylation is 1. The van der Waals surface area contributed by atoms with Gasteiger partial charge in [-0.3, -0.25) is 10.1 Å². The predicted octanol–water partition coefficient (Wildman–Crippen LogP) is 6.19. The smallest absolute Gasteiger partial charge is 0.268 e. The Morgan fingerprint density at radius 2 is 1.83 bits per heavy atom. The van der Waals surface area contributed by atoms with Gasteiger partial charge < -0.3 is 19.5 Å². The third-order valence-corrected chi connectivity index (χ3v) is 7.34. The number of thiophene rings is 1. The summed E-state index contributed by atoms with van der Waals surface area (Å²) in [5, 5.41) is 25.7. The minimum Gasteiger partial charge on any atom is -0.455 e. The van der Waals surface area contributed by atoms with Crippen LogP contribution in [0, 0.1) is 0 Å². The molecule has 0 aliphatic heterocycles. The Hall–Kier alpha value is -2.39. The molecule has 6 nitrogen and oxygen atoms in total. The molecule has 0 amide bonds. The quantitative estimate of drug-likeness (QED) is 0.247. The Labute approximate surface area is 217 Å². The van der Waals surface area contributed by atoms with E-state index >= 15 is 0 Å². The van der Waals surface area contributed by atoms with Crippen molar-refractivity contribution in [2.45, 2.75) is 32.6 Å². The van der Waals surface area contributed by atoms with Crippen molar-refractivity contribution in [3.63, 3.8) is 0 Å². The van der Waals surface area contributed by atoms with Crippen molar-refractivity contribution in [1.82, 2.24) is 9.88 Å². The van der Waals surface area contributed by atoms with Crippen molar-refractivity contribution in [3.8, 4) is 22.6 Å². The number of halogens is 2. The zero-order valence-electron chi connectivity index (χ0n) is 19.7. The maximum Gasteiger partial charge on any atom is 0.268 e. The molecule has 2 heterocycles. The van der Waals surface area contributed by atoms with Gasteiger partial charge in [-0.1, -0.05) is 36.2 Å². The van der Waals surface area contributed by atoms with Crippen LogP contribution in [0.4, 0.5) is 0 Å². The summed E-state index contributed by atoms with van der Waals surface area (Å²) in [6.07, 6.45) is 0.849. The molecule has 0 saturated carbocycles. The monoisotopic (exact) mass is 532 g/mol. The number of hydrogen-bond acceptors (Lipinski definition) is 6. The summed E-state index contributed by atoms with van der Waals surface area (Å²) in [6, 6.07) is 12.2. The van der Waals surface area contributed by atoms with Gasteiger partial charge in [-0.2, -0.15) is 0 Å². The number of nitrogens with one attached hydrogen (secondary N) is 1. The highest BCUT2D eigenvalue weighted by Crippen LogP contribution is 2.42. The fraction of sp³-hybridized carbons (Fsp3) is 0.269. The number of aliphatic hydroxyl groups is 2. The Kier molecular flexibility index (Phi) is 7.29. The first-order valence-electron chi connectivity index (χ1n) is 11.0. The van der Waals surface area contributed by atoms with Crippen molar-refractivity contribution >= 4 is 44.6 Å². The van der Waals surface area contributed by atoms with Crippen LogP contribution >= 0.6 is 34.5 Å². The largest absolute Gasteiger partial charge is 0.455 e. The van der Waals surface area contributed by atoms with E-state index in [0.29, 0.717) is 54.2 Å². The standard InChI is InChI=1S/C26H26Cl2N2O4S/c1-5-29-24(31)22-12-17-18(13-30(4)25(32)23(17)35-22)16-10-14(26(2,3)33)6-8-20(16)34-21-9-7-15(27)11-19(21)28/h6-13,24,29,31,33H,5H2,1-4H3. The second kappa shape index (κ2) is 9.93. The molecule has 4 aromatic rings. The third-order valence-electron chi connectivity index (χ3n) is 5.64. The molecule has 0 bridgehead atoms. The minimum absolute atomic E-state index is 0.162. The van der Waals surface area contributed by atoms with Crippen LogP contribution in [0.25, 0.3) is 21.2 Å². The highest BCUT2D eigenvalue weighted by atomic mass is 35.5. The Morgan fingerprint density at radius 3 is 2.49 bits per heavy atom. The zero-order chi connectivity index (χ0) is 25.5. The van der Waals surface area contributed by atoms with Gasteiger partial charge in [0.1, 0.15) is 22.4 Å². The number of ether oxygens (including phenoxy) is 1. The lowest BCUT2D eigenvalue weighted by molar-refractivity contribution is 0.0786. The van der Waals surface area contributed by atoms with Crippen molar-refractivity contribution < 1.29 is 14.9 Å². The number of benzene rings is 2. The molecular weight excluding hydrogens is 507 g/mol. The summed E-state index contributed by atoms with van der Waals surface area (Å²) in [5.41, 5.74) is 0.794. The van der Waals surface area contributed by atoms with Gasteiger partial charge in [0, 0.05) is 39.7 Å². The topological polar surface area (TPSA) is 83.7 Å². The summed E-state index contributed by atoms with van der Waals surface area (Å²) in [5.74, 6) is 0.908. The van der Waals surface area contributed by atoms with Gasteiger partial charge >= 0.3 is 0 Å². The Bertz CT molecular complexity index is 1460. The van der Waals surface area contributed by atoms with E-state index in [-0.39, 0.29) is 5.56 Å². The molecule has 0 fully saturated rings. The molecule has 2 aromatic heterocycles. The molecule has 1 atom stereocenters. The lowest BCUT2D eigenvalue weighted by Gasteiger charge is -2.21. The van der Waals surface area contributed by atoms with E-state index in [1.165, 1.54) is 15.9 Å². The van der Waals surface area contributed by atoms with Gasteiger partial charge in [0.15, 0.2) is 0 Å². The average Bonchev–Trinajstić information content (AvgIpc) is 3.24. The van der Waals surface area contributed by atoms with Crippen LogP contribution in [-0.2, 0) is 12.6 Å². The van der Waals surface area contributed by atoms with E-state index in [0.717, 1.165) is 5.56 Å². The van der Waals surface area contributed by atoms with Crippen LogP contribution in [0.3, 0.4) is 0 Å². The molecule has 0 aliphatic carbocycles. The van der Waals surface area contributed by atoms with Crippen molar-refractivity contribution in [2.75, 3.05) is 6.54 Å². The van der Waals surface area contributed by atoms with Crippen molar-refractivity contribution in [3.05, 3.63) is 79.5 Å². The minimum atomic E-state index is -1.11.